The lowest BCUT2D eigenvalue weighted by atomic mass is 10.1. The molecule has 0 saturated carbocycles. The standard InChI is InChI=1S/C15H20INO3/c1-20-15(19)7-5-3-2-4-6-14(18)17-13-10-8-12(16)9-11-13/h8-11H,2-7H2,1H3,(H,17,18). The second-order valence-corrected chi connectivity index (χ2v) is 5.79. The van der Waals surface area contributed by atoms with Gasteiger partial charge in [0.25, 0.3) is 0 Å². The van der Waals surface area contributed by atoms with E-state index in [2.05, 4.69) is 32.6 Å². The summed E-state index contributed by atoms with van der Waals surface area (Å²) in [5.74, 6) is -0.124. The molecule has 1 rings (SSSR count). The molecule has 20 heavy (non-hydrogen) atoms. The smallest absolute Gasteiger partial charge is 0.305 e. The number of methoxy groups -OCH3 is 1. The number of rotatable bonds is 8. The molecular weight excluding hydrogens is 369 g/mol. The first kappa shape index (κ1) is 16.9. The highest BCUT2D eigenvalue weighted by molar-refractivity contribution is 14.1. The van der Waals surface area contributed by atoms with Crippen LogP contribution in [0, 0.1) is 3.57 Å². The second kappa shape index (κ2) is 9.74. The van der Waals surface area contributed by atoms with Crippen LogP contribution in [0.1, 0.15) is 38.5 Å². The Morgan fingerprint density at radius 2 is 1.65 bits per heavy atom. The van der Waals surface area contributed by atoms with Gasteiger partial charge in [0.1, 0.15) is 0 Å². The Morgan fingerprint density at radius 1 is 1.05 bits per heavy atom. The highest BCUT2D eigenvalue weighted by Crippen LogP contribution is 2.12. The first-order valence-electron chi connectivity index (χ1n) is 6.74. The van der Waals surface area contributed by atoms with E-state index >= 15 is 0 Å². The number of nitrogens with one attached hydrogen (secondary N) is 1. The van der Waals surface area contributed by atoms with E-state index in [0.717, 1.165) is 34.9 Å². The van der Waals surface area contributed by atoms with E-state index in [-0.39, 0.29) is 11.9 Å². The lowest BCUT2D eigenvalue weighted by molar-refractivity contribution is -0.140. The summed E-state index contributed by atoms with van der Waals surface area (Å²) >= 11 is 2.23. The van der Waals surface area contributed by atoms with Crippen LogP contribution in [0.5, 0.6) is 0 Å². The average molecular weight is 389 g/mol. The topological polar surface area (TPSA) is 55.4 Å². The zero-order chi connectivity index (χ0) is 14.8. The number of ether oxygens (including phenoxy) is 1. The third-order valence-corrected chi connectivity index (χ3v) is 3.61. The van der Waals surface area contributed by atoms with Gasteiger partial charge in [-0.1, -0.05) is 12.8 Å². The number of unbranched alkanes of at least 4 members (excludes halogenated alkanes) is 3. The van der Waals surface area contributed by atoms with Gasteiger partial charge in [-0.15, -0.1) is 0 Å². The number of carbonyl (C=O) groups is 2. The van der Waals surface area contributed by atoms with Crippen molar-refractivity contribution in [2.75, 3.05) is 12.4 Å². The molecule has 0 spiro atoms. The maximum atomic E-state index is 11.7. The number of anilines is 1. The van der Waals surface area contributed by atoms with Crippen LogP contribution in [0.25, 0.3) is 0 Å². The molecular formula is C15H20INO3. The summed E-state index contributed by atoms with van der Waals surface area (Å²) in [5, 5.41) is 2.87. The summed E-state index contributed by atoms with van der Waals surface area (Å²) < 4.78 is 5.71. The molecule has 110 valence electrons. The van der Waals surface area contributed by atoms with Crippen LogP contribution in [0.2, 0.25) is 0 Å². The monoisotopic (exact) mass is 389 g/mol. The van der Waals surface area contributed by atoms with Crippen LogP contribution in [0.15, 0.2) is 24.3 Å². The third kappa shape index (κ3) is 7.47. The van der Waals surface area contributed by atoms with Crippen LogP contribution < -0.4 is 5.32 Å². The van der Waals surface area contributed by atoms with E-state index in [9.17, 15) is 9.59 Å². The Labute approximate surface area is 133 Å². The van der Waals surface area contributed by atoms with E-state index in [1.165, 1.54) is 7.11 Å². The van der Waals surface area contributed by atoms with Crippen LogP contribution in [-0.2, 0) is 14.3 Å². The summed E-state index contributed by atoms with van der Waals surface area (Å²) in [7, 11) is 1.40. The lowest BCUT2D eigenvalue weighted by Gasteiger charge is -2.05. The largest absolute Gasteiger partial charge is 0.469 e. The lowest BCUT2D eigenvalue weighted by Crippen LogP contribution is -2.10. The second-order valence-electron chi connectivity index (χ2n) is 4.55. The number of hydrogen-bond donors (Lipinski definition) is 1. The van der Waals surface area contributed by atoms with Gasteiger partial charge in [0.15, 0.2) is 0 Å². The van der Waals surface area contributed by atoms with Gasteiger partial charge in [-0.2, -0.15) is 0 Å². The van der Waals surface area contributed by atoms with Crippen LogP contribution >= 0.6 is 22.6 Å². The fraction of sp³-hybridized carbons (Fsp3) is 0.467. The Balaban J connectivity index is 2.08. The molecule has 1 aromatic carbocycles. The van der Waals surface area contributed by atoms with Crippen molar-refractivity contribution in [1.29, 1.82) is 0 Å². The molecule has 0 aliphatic rings. The summed E-state index contributed by atoms with van der Waals surface area (Å²) in [6.07, 6.45) is 4.56. The van der Waals surface area contributed by atoms with E-state index in [0.29, 0.717) is 12.8 Å². The number of amides is 1. The summed E-state index contributed by atoms with van der Waals surface area (Å²) in [5.41, 5.74) is 0.834. The first-order valence-corrected chi connectivity index (χ1v) is 7.82. The van der Waals surface area contributed by atoms with Crippen molar-refractivity contribution in [3.63, 3.8) is 0 Å². The minimum Gasteiger partial charge on any atom is -0.469 e. The fourth-order valence-corrected chi connectivity index (χ4v) is 2.13. The highest BCUT2D eigenvalue weighted by Gasteiger charge is 2.03. The van der Waals surface area contributed by atoms with Gasteiger partial charge in [0, 0.05) is 22.1 Å². The molecule has 0 atom stereocenters. The van der Waals surface area contributed by atoms with Gasteiger partial charge < -0.3 is 10.1 Å². The molecule has 1 N–H and O–H groups in total. The predicted molar refractivity (Wildman–Crippen MR) is 87.5 cm³/mol. The van der Waals surface area contributed by atoms with Gasteiger partial charge in [-0.05, 0) is 59.7 Å². The third-order valence-electron chi connectivity index (χ3n) is 2.89. The van der Waals surface area contributed by atoms with Crippen molar-refractivity contribution in [3.05, 3.63) is 27.8 Å². The van der Waals surface area contributed by atoms with Crippen molar-refractivity contribution >= 4 is 40.2 Å². The van der Waals surface area contributed by atoms with Crippen LogP contribution in [-0.4, -0.2) is 19.0 Å². The Bertz CT molecular complexity index is 431. The molecule has 0 aliphatic carbocycles. The highest BCUT2D eigenvalue weighted by atomic mass is 127. The quantitative estimate of drug-likeness (QED) is 0.419. The Kier molecular flexibility index (Phi) is 8.25. The Morgan fingerprint density at radius 3 is 2.25 bits per heavy atom. The number of halogens is 1. The molecule has 0 radical (unpaired) electrons. The molecule has 0 unspecified atom stereocenters. The molecule has 0 fully saturated rings. The molecule has 1 amide bonds. The zero-order valence-corrected chi connectivity index (χ0v) is 13.8. The number of hydrogen-bond acceptors (Lipinski definition) is 3. The van der Waals surface area contributed by atoms with Crippen LogP contribution in [0.3, 0.4) is 0 Å². The summed E-state index contributed by atoms with van der Waals surface area (Å²) in [6.45, 7) is 0. The van der Waals surface area contributed by atoms with Gasteiger partial charge >= 0.3 is 5.97 Å². The summed E-state index contributed by atoms with van der Waals surface area (Å²) in [4.78, 5) is 22.6. The molecule has 0 aromatic heterocycles. The maximum absolute atomic E-state index is 11.7. The zero-order valence-electron chi connectivity index (χ0n) is 11.7. The number of esters is 1. The van der Waals surface area contributed by atoms with Gasteiger partial charge in [0.2, 0.25) is 5.91 Å². The van der Waals surface area contributed by atoms with E-state index in [1.807, 2.05) is 24.3 Å². The molecule has 0 bridgehead atoms. The predicted octanol–water partition coefficient (Wildman–Crippen LogP) is 3.74. The van der Waals surface area contributed by atoms with E-state index in [1.54, 1.807) is 0 Å². The molecule has 5 heteroatoms. The van der Waals surface area contributed by atoms with Crippen molar-refractivity contribution in [2.24, 2.45) is 0 Å². The molecule has 0 saturated heterocycles. The summed E-state index contributed by atoms with van der Waals surface area (Å²) in [6, 6.07) is 7.72. The number of benzene rings is 1. The van der Waals surface area contributed by atoms with Gasteiger partial charge in [-0.3, -0.25) is 9.59 Å². The minimum absolute atomic E-state index is 0.0409. The fourth-order valence-electron chi connectivity index (χ4n) is 1.77. The SMILES string of the molecule is COC(=O)CCCCCCC(=O)Nc1ccc(I)cc1. The molecule has 0 heterocycles. The molecule has 1 aromatic rings. The van der Waals surface area contributed by atoms with Crippen molar-refractivity contribution in [3.8, 4) is 0 Å². The average Bonchev–Trinajstić information content (AvgIpc) is 2.44. The van der Waals surface area contributed by atoms with Crippen molar-refractivity contribution < 1.29 is 14.3 Å². The van der Waals surface area contributed by atoms with Gasteiger partial charge in [0.05, 0.1) is 7.11 Å². The van der Waals surface area contributed by atoms with Crippen LogP contribution in [0.4, 0.5) is 5.69 Å². The Hall–Kier alpha value is -1.11. The van der Waals surface area contributed by atoms with Crippen molar-refractivity contribution in [2.45, 2.75) is 38.5 Å². The molecule has 4 nitrogen and oxygen atoms in total. The molecule has 0 aliphatic heterocycles. The van der Waals surface area contributed by atoms with E-state index in [4.69, 9.17) is 0 Å². The van der Waals surface area contributed by atoms with Gasteiger partial charge in [-0.25, -0.2) is 0 Å². The minimum atomic E-state index is -0.165. The first-order chi connectivity index (χ1) is 9.61. The van der Waals surface area contributed by atoms with Crippen molar-refractivity contribution in [1.82, 2.24) is 0 Å². The normalized spacial score (nSPS) is 10.1. The maximum Gasteiger partial charge on any atom is 0.305 e. The number of carbonyl (C=O) groups excluding carboxylic acids is 2. The van der Waals surface area contributed by atoms with E-state index < -0.39 is 0 Å².